The zero-order valence-corrected chi connectivity index (χ0v) is 11.6. The van der Waals surface area contributed by atoms with Crippen molar-refractivity contribution in [3.05, 3.63) is 0 Å². The van der Waals surface area contributed by atoms with Gasteiger partial charge in [-0.2, -0.15) is 0 Å². The van der Waals surface area contributed by atoms with Crippen molar-refractivity contribution in [1.82, 2.24) is 4.90 Å². The maximum absolute atomic E-state index is 12.2. The predicted octanol–water partition coefficient (Wildman–Crippen LogP) is 3.14. The third-order valence-electron chi connectivity index (χ3n) is 2.36. The molecule has 0 heterocycles. The van der Waals surface area contributed by atoms with Crippen LogP contribution in [0.1, 0.15) is 41.5 Å². The zero-order chi connectivity index (χ0) is 12.2. The second-order valence-corrected chi connectivity index (χ2v) is 5.73. The molecule has 0 aromatic carbocycles. The van der Waals surface area contributed by atoms with E-state index >= 15 is 0 Å². The van der Waals surface area contributed by atoms with Gasteiger partial charge >= 0.3 is 0 Å². The van der Waals surface area contributed by atoms with Gasteiger partial charge in [0.2, 0.25) is 5.91 Å². The first-order valence-corrected chi connectivity index (χ1v) is 6.13. The third kappa shape index (κ3) is 4.42. The van der Waals surface area contributed by atoms with E-state index in [4.69, 9.17) is 11.6 Å². The van der Waals surface area contributed by atoms with Crippen LogP contribution >= 0.6 is 11.6 Å². The van der Waals surface area contributed by atoms with Crippen molar-refractivity contribution in [2.24, 2.45) is 11.3 Å². The minimum absolute atomic E-state index is 0.154. The molecule has 0 saturated carbocycles. The van der Waals surface area contributed by atoms with Crippen LogP contribution in [0.15, 0.2) is 0 Å². The van der Waals surface area contributed by atoms with Gasteiger partial charge in [0.05, 0.1) is 5.41 Å². The number of hydrogen-bond acceptors (Lipinski definition) is 1. The van der Waals surface area contributed by atoms with Crippen molar-refractivity contribution >= 4 is 17.5 Å². The predicted molar refractivity (Wildman–Crippen MR) is 66.2 cm³/mol. The van der Waals surface area contributed by atoms with Crippen molar-refractivity contribution in [2.45, 2.75) is 47.6 Å². The van der Waals surface area contributed by atoms with E-state index in [0.29, 0.717) is 11.8 Å². The van der Waals surface area contributed by atoms with E-state index < -0.39 is 5.41 Å². The quantitative estimate of drug-likeness (QED) is 0.668. The summed E-state index contributed by atoms with van der Waals surface area (Å²) in [5.74, 6) is 1.01. The first kappa shape index (κ1) is 14.8. The van der Waals surface area contributed by atoms with Gasteiger partial charge in [0.15, 0.2) is 0 Å². The van der Waals surface area contributed by atoms with Crippen LogP contribution in [0.2, 0.25) is 0 Å². The molecule has 0 saturated heterocycles. The first-order valence-electron chi connectivity index (χ1n) is 5.59. The maximum atomic E-state index is 12.2. The molecule has 90 valence electrons. The Hall–Kier alpha value is -0.240. The summed E-state index contributed by atoms with van der Waals surface area (Å²) < 4.78 is 0. The van der Waals surface area contributed by atoms with Gasteiger partial charge < -0.3 is 4.90 Å². The van der Waals surface area contributed by atoms with E-state index in [2.05, 4.69) is 13.8 Å². The van der Waals surface area contributed by atoms with Gasteiger partial charge in [-0.25, -0.2) is 0 Å². The first-order chi connectivity index (χ1) is 6.72. The Bertz CT molecular complexity index is 212. The average molecular weight is 234 g/mol. The van der Waals surface area contributed by atoms with E-state index in [9.17, 15) is 4.79 Å². The number of carbonyl (C=O) groups excluding carboxylic acids is 1. The van der Waals surface area contributed by atoms with Gasteiger partial charge in [-0.3, -0.25) is 4.79 Å². The van der Waals surface area contributed by atoms with Crippen LogP contribution in [0.3, 0.4) is 0 Å². The highest BCUT2D eigenvalue weighted by Gasteiger charge is 2.32. The summed E-state index contributed by atoms with van der Waals surface area (Å²) in [5.41, 5.74) is -0.458. The topological polar surface area (TPSA) is 20.3 Å². The number of hydrogen-bond donors (Lipinski definition) is 0. The third-order valence-corrected chi connectivity index (χ3v) is 3.03. The van der Waals surface area contributed by atoms with E-state index in [-0.39, 0.29) is 11.9 Å². The van der Waals surface area contributed by atoms with Crippen molar-refractivity contribution < 1.29 is 4.79 Å². The van der Waals surface area contributed by atoms with E-state index in [1.165, 1.54) is 0 Å². The van der Waals surface area contributed by atoms with Crippen molar-refractivity contribution in [2.75, 3.05) is 12.4 Å². The average Bonchev–Trinajstić information content (AvgIpc) is 2.12. The molecule has 0 rings (SSSR count). The molecule has 15 heavy (non-hydrogen) atoms. The van der Waals surface area contributed by atoms with Crippen LogP contribution < -0.4 is 0 Å². The molecule has 3 heteroatoms. The summed E-state index contributed by atoms with van der Waals surface area (Å²) in [6, 6.07) is 0.238. The van der Waals surface area contributed by atoms with Crippen molar-refractivity contribution in [3.8, 4) is 0 Å². The molecule has 1 amide bonds. The van der Waals surface area contributed by atoms with Gasteiger partial charge in [-0.1, -0.05) is 13.8 Å². The number of rotatable bonds is 5. The molecular formula is C12H24ClNO. The van der Waals surface area contributed by atoms with E-state index in [0.717, 1.165) is 6.54 Å². The summed E-state index contributed by atoms with van der Waals surface area (Å²) in [5, 5.41) is 0. The molecule has 2 nitrogen and oxygen atoms in total. The standard InChI is InChI=1S/C12H24ClNO/c1-9(2)7-14(10(3)4)11(15)12(5,6)8-13/h9-10H,7-8H2,1-6H3. The van der Waals surface area contributed by atoms with Gasteiger partial charge in [0, 0.05) is 18.5 Å². The molecule has 0 aliphatic carbocycles. The van der Waals surface area contributed by atoms with Crippen LogP contribution in [0.25, 0.3) is 0 Å². The van der Waals surface area contributed by atoms with Gasteiger partial charge in [0.25, 0.3) is 0 Å². The SMILES string of the molecule is CC(C)CN(C(=O)C(C)(C)CCl)C(C)C. The summed E-state index contributed by atoms with van der Waals surface area (Å²) >= 11 is 5.83. The van der Waals surface area contributed by atoms with Crippen LogP contribution in [0.5, 0.6) is 0 Å². The number of alkyl halides is 1. The lowest BCUT2D eigenvalue weighted by Crippen LogP contribution is -2.47. The largest absolute Gasteiger partial charge is 0.340 e. The Morgan fingerprint density at radius 1 is 1.27 bits per heavy atom. The molecule has 0 bridgehead atoms. The molecule has 0 unspecified atom stereocenters. The molecule has 0 aromatic rings. The van der Waals surface area contributed by atoms with Crippen molar-refractivity contribution in [1.29, 1.82) is 0 Å². The fourth-order valence-corrected chi connectivity index (χ4v) is 1.48. The second kappa shape index (κ2) is 5.74. The minimum atomic E-state index is -0.458. The normalized spacial score (nSPS) is 12.3. The minimum Gasteiger partial charge on any atom is -0.340 e. The highest BCUT2D eigenvalue weighted by Crippen LogP contribution is 2.22. The Morgan fingerprint density at radius 3 is 2.00 bits per heavy atom. The Balaban J connectivity index is 4.71. The Kier molecular flexibility index (Phi) is 5.65. The number of nitrogens with zero attached hydrogens (tertiary/aromatic N) is 1. The van der Waals surface area contributed by atoms with E-state index in [1.54, 1.807) is 0 Å². The Labute approximate surface area is 99.0 Å². The molecule has 0 radical (unpaired) electrons. The fourth-order valence-electron chi connectivity index (χ4n) is 1.37. The lowest BCUT2D eigenvalue weighted by Gasteiger charge is -2.34. The number of amides is 1. The summed E-state index contributed by atoms with van der Waals surface area (Å²) in [4.78, 5) is 14.1. The van der Waals surface area contributed by atoms with Crippen molar-refractivity contribution in [3.63, 3.8) is 0 Å². The number of halogens is 1. The van der Waals surface area contributed by atoms with Crippen LogP contribution in [0.4, 0.5) is 0 Å². The zero-order valence-electron chi connectivity index (χ0n) is 10.8. The summed E-state index contributed by atoms with van der Waals surface area (Å²) in [6.07, 6.45) is 0. The van der Waals surface area contributed by atoms with Crippen LogP contribution in [0, 0.1) is 11.3 Å². The molecule has 0 fully saturated rings. The lowest BCUT2D eigenvalue weighted by atomic mass is 9.93. The molecular weight excluding hydrogens is 210 g/mol. The molecule has 0 N–H and O–H groups in total. The molecule has 0 spiro atoms. The number of carbonyl (C=O) groups is 1. The van der Waals surface area contributed by atoms with Gasteiger partial charge in [-0.15, -0.1) is 11.6 Å². The highest BCUT2D eigenvalue weighted by atomic mass is 35.5. The lowest BCUT2D eigenvalue weighted by molar-refractivity contribution is -0.141. The second-order valence-electron chi connectivity index (χ2n) is 5.46. The smallest absolute Gasteiger partial charge is 0.229 e. The van der Waals surface area contributed by atoms with Gasteiger partial charge in [0.1, 0.15) is 0 Å². The molecule has 0 aromatic heterocycles. The fraction of sp³-hybridized carbons (Fsp3) is 0.917. The van der Waals surface area contributed by atoms with E-state index in [1.807, 2.05) is 32.6 Å². The maximum Gasteiger partial charge on any atom is 0.229 e. The summed E-state index contributed by atoms with van der Waals surface area (Å²) in [6.45, 7) is 12.9. The molecule has 0 atom stereocenters. The van der Waals surface area contributed by atoms with Crippen LogP contribution in [-0.2, 0) is 4.79 Å². The van der Waals surface area contributed by atoms with Gasteiger partial charge in [-0.05, 0) is 33.6 Å². The highest BCUT2D eigenvalue weighted by molar-refractivity contribution is 6.19. The summed E-state index contributed by atoms with van der Waals surface area (Å²) in [7, 11) is 0. The monoisotopic (exact) mass is 233 g/mol. The van der Waals surface area contributed by atoms with Crippen LogP contribution in [-0.4, -0.2) is 29.3 Å². The molecule has 0 aliphatic heterocycles. The molecule has 0 aliphatic rings. The Morgan fingerprint density at radius 2 is 1.73 bits per heavy atom.